The van der Waals surface area contributed by atoms with Crippen molar-refractivity contribution < 1.29 is 14.6 Å². The number of fused-ring (bicyclic) bond motifs is 3. The molecule has 1 amide bonds. The van der Waals surface area contributed by atoms with Gasteiger partial charge in [0.1, 0.15) is 17.6 Å². The number of hydrogen-bond acceptors (Lipinski definition) is 3. The normalized spacial score (nSPS) is 20.7. The Balaban J connectivity index is 1.58. The largest absolute Gasteiger partial charge is 0.507 e. The van der Waals surface area contributed by atoms with Gasteiger partial charge in [-0.1, -0.05) is 24.3 Å². The summed E-state index contributed by atoms with van der Waals surface area (Å²) < 4.78 is 5.91. The molecular formula is C21H19NO3. The minimum absolute atomic E-state index is 0.0112. The first-order chi connectivity index (χ1) is 12.0. The third-order valence-corrected chi connectivity index (χ3v) is 4.85. The van der Waals surface area contributed by atoms with Crippen molar-refractivity contribution in [1.29, 1.82) is 0 Å². The van der Waals surface area contributed by atoms with Crippen molar-refractivity contribution in [2.75, 3.05) is 5.32 Å². The standard InChI is InChI=1S/C21H19NO3/c1-12-7-8-14(9-13(12)2)22-21(24)17-11-20-16(10-18(17)23)15-5-3-4-6-19(15)25-20/h3-11,16,20,23H,1-2H3,(H,22,24)/t16-,20+/m0/s1. The SMILES string of the molecule is Cc1ccc(NC(=O)C2=C[C@H]3Oc4ccccc4[C@@H]3C=C2O)cc1C. The monoisotopic (exact) mass is 333 g/mol. The first kappa shape index (κ1) is 15.5. The van der Waals surface area contributed by atoms with Gasteiger partial charge in [0, 0.05) is 11.3 Å². The van der Waals surface area contributed by atoms with E-state index in [1.54, 1.807) is 12.2 Å². The molecule has 0 aromatic heterocycles. The van der Waals surface area contributed by atoms with Crippen LogP contribution in [0.5, 0.6) is 5.75 Å². The highest BCUT2D eigenvalue weighted by atomic mass is 16.5. The number of aliphatic hydroxyl groups is 1. The smallest absolute Gasteiger partial charge is 0.259 e. The number of aliphatic hydroxyl groups excluding tert-OH is 1. The Bertz CT molecular complexity index is 926. The molecule has 1 heterocycles. The van der Waals surface area contributed by atoms with Crippen LogP contribution in [0.25, 0.3) is 0 Å². The van der Waals surface area contributed by atoms with Crippen molar-refractivity contribution >= 4 is 11.6 Å². The molecule has 2 aromatic carbocycles. The molecule has 1 aliphatic carbocycles. The summed E-state index contributed by atoms with van der Waals surface area (Å²) in [6.07, 6.45) is 3.14. The summed E-state index contributed by atoms with van der Waals surface area (Å²) in [5, 5.41) is 13.2. The molecule has 0 bridgehead atoms. The average molecular weight is 333 g/mol. The number of carbonyl (C=O) groups excluding carboxylic acids is 1. The van der Waals surface area contributed by atoms with Gasteiger partial charge in [0.05, 0.1) is 11.5 Å². The molecule has 0 spiro atoms. The van der Waals surface area contributed by atoms with E-state index in [4.69, 9.17) is 4.74 Å². The number of aryl methyl sites for hydroxylation is 2. The fourth-order valence-electron chi connectivity index (χ4n) is 3.30. The van der Waals surface area contributed by atoms with Gasteiger partial charge in [-0.25, -0.2) is 0 Å². The maximum Gasteiger partial charge on any atom is 0.259 e. The average Bonchev–Trinajstić information content (AvgIpc) is 2.95. The number of nitrogens with one attached hydrogen (secondary N) is 1. The first-order valence-electron chi connectivity index (χ1n) is 8.30. The zero-order valence-electron chi connectivity index (χ0n) is 14.1. The number of amides is 1. The van der Waals surface area contributed by atoms with Crippen LogP contribution in [0.1, 0.15) is 22.6 Å². The van der Waals surface area contributed by atoms with E-state index in [1.165, 1.54) is 0 Å². The van der Waals surface area contributed by atoms with Crippen LogP contribution >= 0.6 is 0 Å². The molecule has 0 unspecified atom stereocenters. The Morgan fingerprint density at radius 1 is 1.08 bits per heavy atom. The Labute approximate surface area is 146 Å². The lowest BCUT2D eigenvalue weighted by Crippen LogP contribution is -2.25. The van der Waals surface area contributed by atoms with Gasteiger partial charge in [-0.05, 0) is 55.3 Å². The lowest BCUT2D eigenvalue weighted by Gasteiger charge is -2.20. The summed E-state index contributed by atoms with van der Waals surface area (Å²) in [4.78, 5) is 12.6. The number of carbonyl (C=O) groups is 1. The van der Waals surface area contributed by atoms with Gasteiger partial charge in [0.2, 0.25) is 0 Å². The van der Waals surface area contributed by atoms with Crippen LogP contribution in [-0.2, 0) is 4.79 Å². The van der Waals surface area contributed by atoms with Crippen LogP contribution in [0.2, 0.25) is 0 Å². The van der Waals surface area contributed by atoms with Crippen LogP contribution < -0.4 is 10.1 Å². The number of benzene rings is 2. The van der Waals surface area contributed by atoms with E-state index in [0.29, 0.717) is 5.69 Å². The van der Waals surface area contributed by atoms with Gasteiger partial charge < -0.3 is 15.2 Å². The first-order valence-corrected chi connectivity index (χ1v) is 8.30. The number of ether oxygens (including phenoxy) is 1. The lowest BCUT2D eigenvalue weighted by atomic mass is 9.88. The second-order valence-electron chi connectivity index (χ2n) is 6.53. The topological polar surface area (TPSA) is 58.6 Å². The van der Waals surface area contributed by atoms with Crippen LogP contribution in [0.15, 0.2) is 65.9 Å². The Kier molecular flexibility index (Phi) is 3.61. The van der Waals surface area contributed by atoms with Gasteiger partial charge in [-0.15, -0.1) is 0 Å². The summed E-state index contributed by atoms with van der Waals surface area (Å²) in [5.74, 6) is 0.390. The van der Waals surface area contributed by atoms with Crippen molar-refractivity contribution in [3.05, 3.63) is 82.6 Å². The predicted molar refractivity (Wildman–Crippen MR) is 96.9 cm³/mol. The van der Waals surface area contributed by atoms with E-state index in [9.17, 15) is 9.90 Å². The van der Waals surface area contributed by atoms with Crippen molar-refractivity contribution in [3.63, 3.8) is 0 Å². The molecule has 4 heteroatoms. The molecule has 0 fully saturated rings. The summed E-state index contributed by atoms with van der Waals surface area (Å²) in [6.45, 7) is 4.02. The molecular weight excluding hydrogens is 314 g/mol. The van der Waals surface area contributed by atoms with E-state index in [2.05, 4.69) is 5.32 Å². The minimum atomic E-state index is -0.338. The third-order valence-electron chi connectivity index (χ3n) is 4.85. The van der Waals surface area contributed by atoms with E-state index < -0.39 is 0 Å². The molecule has 126 valence electrons. The molecule has 2 atom stereocenters. The quantitative estimate of drug-likeness (QED) is 0.867. The number of para-hydroxylation sites is 1. The van der Waals surface area contributed by atoms with Crippen LogP contribution in [0.4, 0.5) is 5.69 Å². The lowest BCUT2D eigenvalue weighted by molar-refractivity contribution is -0.112. The van der Waals surface area contributed by atoms with Gasteiger partial charge in [0.15, 0.2) is 0 Å². The highest BCUT2D eigenvalue weighted by Gasteiger charge is 2.36. The van der Waals surface area contributed by atoms with Gasteiger partial charge in [0.25, 0.3) is 5.91 Å². The van der Waals surface area contributed by atoms with E-state index in [-0.39, 0.29) is 29.3 Å². The fourth-order valence-corrected chi connectivity index (χ4v) is 3.30. The van der Waals surface area contributed by atoms with Gasteiger partial charge in [-0.2, -0.15) is 0 Å². The molecule has 0 saturated heterocycles. The second-order valence-corrected chi connectivity index (χ2v) is 6.53. The van der Waals surface area contributed by atoms with Crippen molar-refractivity contribution in [3.8, 4) is 5.75 Å². The molecule has 1 aliphatic heterocycles. The predicted octanol–water partition coefficient (Wildman–Crippen LogP) is 4.17. The molecule has 2 aromatic rings. The van der Waals surface area contributed by atoms with Gasteiger partial charge >= 0.3 is 0 Å². The van der Waals surface area contributed by atoms with Crippen LogP contribution in [0, 0.1) is 13.8 Å². The van der Waals surface area contributed by atoms with E-state index in [1.807, 2.05) is 56.3 Å². The zero-order chi connectivity index (χ0) is 17.6. The Hall–Kier alpha value is -3.01. The number of rotatable bonds is 2. The minimum Gasteiger partial charge on any atom is -0.507 e. The molecule has 2 aliphatic rings. The molecule has 25 heavy (non-hydrogen) atoms. The van der Waals surface area contributed by atoms with Crippen molar-refractivity contribution in [1.82, 2.24) is 0 Å². The zero-order valence-corrected chi connectivity index (χ0v) is 14.1. The van der Waals surface area contributed by atoms with Crippen LogP contribution in [0.3, 0.4) is 0 Å². The maximum atomic E-state index is 12.6. The second kappa shape index (κ2) is 5.81. The summed E-state index contributed by atoms with van der Waals surface area (Å²) in [7, 11) is 0. The highest BCUT2D eigenvalue weighted by molar-refractivity contribution is 6.06. The third kappa shape index (κ3) is 2.70. The Morgan fingerprint density at radius 3 is 2.68 bits per heavy atom. The molecule has 4 nitrogen and oxygen atoms in total. The summed E-state index contributed by atoms with van der Waals surface area (Å²) in [6, 6.07) is 13.5. The molecule has 0 radical (unpaired) electrons. The summed E-state index contributed by atoms with van der Waals surface area (Å²) in [5.41, 5.74) is 4.25. The molecule has 2 N–H and O–H groups in total. The summed E-state index contributed by atoms with van der Waals surface area (Å²) >= 11 is 0. The molecule has 4 rings (SSSR count). The Morgan fingerprint density at radius 2 is 1.88 bits per heavy atom. The van der Waals surface area contributed by atoms with E-state index in [0.717, 1.165) is 22.4 Å². The van der Waals surface area contributed by atoms with Gasteiger partial charge in [-0.3, -0.25) is 4.79 Å². The fraction of sp³-hybridized carbons (Fsp3) is 0.190. The van der Waals surface area contributed by atoms with E-state index >= 15 is 0 Å². The maximum absolute atomic E-state index is 12.6. The number of hydrogen-bond donors (Lipinski definition) is 2. The molecule has 0 saturated carbocycles. The van der Waals surface area contributed by atoms with Crippen molar-refractivity contribution in [2.24, 2.45) is 0 Å². The van der Waals surface area contributed by atoms with Crippen LogP contribution in [-0.4, -0.2) is 17.1 Å². The highest BCUT2D eigenvalue weighted by Crippen LogP contribution is 2.42. The van der Waals surface area contributed by atoms with Crippen molar-refractivity contribution in [2.45, 2.75) is 25.9 Å². The number of anilines is 1.